The van der Waals surface area contributed by atoms with E-state index in [1.54, 1.807) is 11.7 Å². The number of halogens is 1. The molecule has 1 aromatic heterocycles. The minimum absolute atomic E-state index is 0.0189. The Hall–Kier alpha value is -1.45. The van der Waals surface area contributed by atoms with Gasteiger partial charge in [-0.25, -0.2) is 18.5 Å². The second-order valence-electron chi connectivity index (χ2n) is 3.73. The van der Waals surface area contributed by atoms with E-state index in [1.807, 2.05) is 0 Å². The monoisotopic (exact) mass is 346 g/mol. The number of benzene rings is 1. The molecule has 7 nitrogen and oxygen atoms in total. The first-order valence-corrected chi connectivity index (χ1v) is 7.50. The van der Waals surface area contributed by atoms with Crippen LogP contribution in [0.1, 0.15) is 5.82 Å². The number of nitrogens with zero attached hydrogens (tertiary/aromatic N) is 3. The van der Waals surface area contributed by atoms with Gasteiger partial charge in [-0.05, 0) is 34.1 Å². The maximum absolute atomic E-state index is 11.2. The molecule has 0 unspecified atom stereocenters. The van der Waals surface area contributed by atoms with Crippen molar-refractivity contribution in [3.8, 4) is 5.75 Å². The summed E-state index contributed by atoms with van der Waals surface area (Å²) in [6.07, 6.45) is 1.43. The second-order valence-corrected chi connectivity index (χ2v) is 6.14. The number of hydrogen-bond donors (Lipinski definition) is 1. The topological polar surface area (TPSA) is 100 Å². The van der Waals surface area contributed by atoms with Gasteiger partial charge < -0.3 is 4.74 Å². The Balaban J connectivity index is 2.16. The minimum atomic E-state index is -3.72. The Labute approximate surface area is 118 Å². The van der Waals surface area contributed by atoms with E-state index in [2.05, 4.69) is 26.0 Å². The van der Waals surface area contributed by atoms with Crippen LogP contribution in [0, 0.1) is 0 Å². The number of aryl methyl sites for hydroxylation is 1. The van der Waals surface area contributed by atoms with Gasteiger partial charge in [0, 0.05) is 7.05 Å². The third kappa shape index (κ3) is 3.31. The normalized spacial score (nSPS) is 11.5. The van der Waals surface area contributed by atoms with Crippen LogP contribution in [0.15, 0.2) is 33.9 Å². The summed E-state index contributed by atoms with van der Waals surface area (Å²) in [6, 6.07) is 4.30. The zero-order chi connectivity index (χ0) is 14.0. The van der Waals surface area contributed by atoms with Crippen molar-refractivity contribution in [2.75, 3.05) is 0 Å². The van der Waals surface area contributed by atoms with E-state index < -0.39 is 10.0 Å². The highest BCUT2D eigenvalue weighted by molar-refractivity contribution is 9.10. The lowest BCUT2D eigenvalue weighted by atomic mass is 10.3. The van der Waals surface area contributed by atoms with Crippen molar-refractivity contribution in [2.45, 2.75) is 11.5 Å². The molecule has 0 amide bonds. The van der Waals surface area contributed by atoms with Gasteiger partial charge in [-0.2, -0.15) is 5.10 Å². The predicted molar refractivity (Wildman–Crippen MR) is 70.9 cm³/mol. The van der Waals surface area contributed by atoms with Gasteiger partial charge in [0.2, 0.25) is 10.0 Å². The maximum Gasteiger partial charge on any atom is 0.238 e. The van der Waals surface area contributed by atoms with Crippen LogP contribution in [0.25, 0.3) is 0 Å². The third-order valence-electron chi connectivity index (χ3n) is 2.39. The molecule has 0 radical (unpaired) electrons. The third-order valence-corrected chi connectivity index (χ3v) is 3.92. The fourth-order valence-electron chi connectivity index (χ4n) is 1.37. The molecule has 0 saturated heterocycles. The van der Waals surface area contributed by atoms with Crippen molar-refractivity contribution in [1.29, 1.82) is 0 Å². The molecule has 102 valence electrons. The van der Waals surface area contributed by atoms with Gasteiger partial charge in [0.05, 0.1) is 9.37 Å². The zero-order valence-corrected chi connectivity index (χ0v) is 12.3. The molecule has 2 N–H and O–H groups in total. The lowest BCUT2D eigenvalue weighted by molar-refractivity contribution is 0.288. The van der Waals surface area contributed by atoms with Gasteiger partial charge in [0.15, 0.2) is 5.82 Å². The minimum Gasteiger partial charge on any atom is -0.484 e. The van der Waals surface area contributed by atoms with Crippen LogP contribution < -0.4 is 9.88 Å². The predicted octanol–water partition coefficient (Wildman–Crippen LogP) is 0.804. The molecule has 0 bridgehead atoms. The average molecular weight is 347 g/mol. The average Bonchev–Trinajstić information content (AvgIpc) is 2.72. The number of nitrogens with two attached hydrogens (primary N) is 1. The first-order chi connectivity index (χ1) is 8.88. The van der Waals surface area contributed by atoms with E-state index in [9.17, 15) is 8.42 Å². The van der Waals surface area contributed by atoms with Gasteiger partial charge in [-0.1, -0.05) is 0 Å². The van der Waals surface area contributed by atoms with Crippen molar-refractivity contribution >= 4 is 26.0 Å². The molecule has 2 rings (SSSR count). The van der Waals surface area contributed by atoms with Gasteiger partial charge in [0.25, 0.3) is 0 Å². The Morgan fingerprint density at radius 3 is 2.74 bits per heavy atom. The van der Waals surface area contributed by atoms with Gasteiger partial charge in [-0.15, -0.1) is 0 Å². The van der Waals surface area contributed by atoms with Crippen LogP contribution in [-0.2, 0) is 23.7 Å². The number of rotatable bonds is 4. The summed E-state index contributed by atoms with van der Waals surface area (Å²) in [7, 11) is -1.96. The van der Waals surface area contributed by atoms with Crippen LogP contribution in [0.5, 0.6) is 5.75 Å². The van der Waals surface area contributed by atoms with E-state index in [-0.39, 0.29) is 11.5 Å². The molecule has 0 aliphatic carbocycles. The van der Waals surface area contributed by atoms with E-state index >= 15 is 0 Å². The smallest absolute Gasteiger partial charge is 0.238 e. The lowest BCUT2D eigenvalue weighted by Gasteiger charge is -2.08. The largest absolute Gasteiger partial charge is 0.484 e. The standard InChI is InChI=1S/C10H11BrN4O3S/c1-15-10(13-6-14-15)5-18-9-3-2-7(4-8(9)11)19(12,16)17/h2-4,6H,5H2,1H3,(H2,12,16,17). The molecule has 9 heteroatoms. The van der Waals surface area contributed by atoms with Crippen molar-refractivity contribution < 1.29 is 13.2 Å². The summed E-state index contributed by atoms with van der Waals surface area (Å²) >= 11 is 3.23. The van der Waals surface area contributed by atoms with Crippen molar-refractivity contribution in [1.82, 2.24) is 14.8 Å². The molecular formula is C10H11BrN4O3S. The fourth-order valence-corrected chi connectivity index (χ4v) is 2.55. The maximum atomic E-state index is 11.2. The molecule has 1 aromatic carbocycles. The first-order valence-electron chi connectivity index (χ1n) is 5.16. The fraction of sp³-hybridized carbons (Fsp3) is 0.200. The second kappa shape index (κ2) is 5.27. The number of aromatic nitrogens is 3. The van der Waals surface area contributed by atoms with Crippen LogP contribution in [0.2, 0.25) is 0 Å². The van der Waals surface area contributed by atoms with Crippen LogP contribution in [0.4, 0.5) is 0 Å². The number of primary sulfonamides is 1. The van der Waals surface area contributed by atoms with Gasteiger partial charge in [0.1, 0.15) is 18.7 Å². The van der Waals surface area contributed by atoms with Crippen LogP contribution >= 0.6 is 15.9 Å². The molecule has 1 heterocycles. The summed E-state index contributed by atoms with van der Waals surface area (Å²) in [6.45, 7) is 0.226. The van der Waals surface area contributed by atoms with E-state index in [0.29, 0.717) is 16.0 Å². The van der Waals surface area contributed by atoms with E-state index in [1.165, 1.54) is 24.5 Å². The molecule has 0 atom stereocenters. The number of sulfonamides is 1. The number of ether oxygens (including phenoxy) is 1. The van der Waals surface area contributed by atoms with Crippen molar-refractivity contribution in [2.24, 2.45) is 12.2 Å². The lowest BCUT2D eigenvalue weighted by Crippen LogP contribution is -2.12. The molecule has 0 spiro atoms. The number of hydrogen-bond acceptors (Lipinski definition) is 5. The SMILES string of the molecule is Cn1ncnc1COc1ccc(S(N)(=O)=O)cc1Br. The molecular weight excluding hydrogens is 336 g/mol. The summed E-state index contributed by atoms with van der Waals surface area (Å²) in [5, 5.41) is 8.95. The Kier molecular flexibility index (Phi) is 3.88. The summed E-state index contributed by atoms with van der Waals surface area (Å²) in [5.74, 6) is 1.15. The van der Waals surface area contributed by atoms with Crippen LogP contribution in [0.3, 0.4) is 0 Å². The highest BCUT2D eigenvalue weighted by Crippen LogP contribution is 2.27. The van der Waals surface area contributed by atoms with E-state index in [4.69, 9.17) is 9.88 Å². The zero-order valence-electron chi connectivity index (χ0n) is 9.95. The highest BCUT2D eigenvalue weighted by atomic mass is 79.9. The molecule has 0 aliphatic heterocycles. The van der Waals surface area contributed by atoms with E-state index in [0.717, 1.165) is 0 Å². The van der Waals surface area contributed by atoms with Crippen molar-refractivity contribution in [3.63, 3.8) is 0 Å². The summed E-state index contributed by atoms with van der Waals surface area (Å²) in [5.41, 5.74) is 0. The Bertz CT molecular complexity index is 699. The van der Waals surface area contributed by atoms with Crippen molar-refractivity contribution in [3.05, 3.63) is 34.8 Å². The molecule has 0 aliphatic rings. The first kappa shape index (κ1) is 14.0. The summed E-state index contributed by atoms with van der Waals surface area (Å²) < 4.78 is 30.0. The van der Waals surface area contributed by atoms with Crippen LogP contribution in [-0.4, -0.2) is 23.2 Å². The highest BCUT2D eigenvalue weighted by Gasteiger charge is 2.11. The Morgan fingerprint density at radius 1 is 1.47 bits per heavy atom. The molecule has 19 heavy (non-hydrogen) atoms. The van der Waals surface area contributed by atoms with Gasteiger partial charge in [-0.3, -0.25) is 4.68 Å². The Morgan fingerprint density at radius 2 is 2.21 bits per heavy atom. The molecule has 0 fully saturated rings. The quantitative estimate of drug-likeness (QED) is 0.882. The molecule has 2 aromatic rings. The molecule has 0 saturated carbocycles. The summed E-state index contributed by atoms with van der Waals surface area (Å²) in [4.78, 5) is 4.03. The van der Waals surface area contributed by atoms with Gasteiger partial charge >= 0.3 is 0 Å².